The van der Waals surface area contributed by atoms with Gasteiger partial charge in [-0.05, 0) is 60.0 Å². The molecule has 0 N–H and O–H groups in total. The van der Waals surface area contributed by atoms with Crippen LogP contribution in [0.3, 0.4) is 0 Å². The van der Waals surface area contributed by atoms with Crippen LogP contribution in [0.1, 0.15) is 38.3 Å². The molecule has 10 nitrogen and oxygen atoms in total. The number of methoxy groups -OCH3 is 2. The zero-order valence-electron chi connectivity index (χ0n) is 24.5. The number of carbonyl (C=O) groups excluding carboxylic acids is 4. The summed E-state index contributed by atoms with van der Waals surface area (Å²) in [5, 5.41) is 9.80. The van der Waals surface area contributed by atoms with Crippen LogP contribution in [0.2, 0.25) is 0 Å². The van der Waals surface area contributed by atoms with Crippen molar-refractivity contribution in [2.45, 2.75) is 22.9 Å². The zero-order chi connectivity index (χ0) is 33.9. The standard InChI is InChI=1S/C32H22F3N3O7S2/c1-43-24-10-7-18(12-25(24)44-2)23(39)16-45-31(42)17-5-8-19(9-6-17)38-28(40)14-27(30(38)41)47-29-20(15-36)21(32(33,34)35)13-22(37-29)26-4-3-11-46-26/h3-13,27H,14,16H2,1-2H3. The number of imide groups is 1. The minimum Gasteiger partial charge on any atom is -0.493 e. The first-order valence-corrected chi connectivity index (χ1v) is 15.3. The third-order valence-electron chi connectivity index (χ3n) is 6.94. The predicted octanol–water partition coefficient (Wildman–Crippen LogP) is 6.18. The SMILES string of the molecule is COc1ccc(C(=O)COC(=O)c2ccc(N3C(=O)CC(Sc4nc(-c5cccs5)cc(C(F)(F)F)c4C#N)C3=O)cc2)cc1OC. The number of anilines is 1. The highest BCUT2D eigenvalue weighted by Gasteiger charge is 2.42. The second-order valence-corrected chi connectivity index (χ2v) is 12.0. The van der Waals surface area contributed by atoms with Crippen molar-refractivity contribution >= 4 is 52.4 Å². The Morgan fingerprint density at radius 3 is 2.36 bits per heavy atom. The molecule has 0 radical (unpaired) electrons. The van der Waals surface area contributed by atoms with E-state index in [2.05, 4.69) is 4.98 Å². The van der Waals surface area contributed by atoms with Crippen LogP contribution < -0.4 is 14.4 Å². The summed E-state index contributed by atoms with van der Waals surface area (Å²) in [5.74, 6) is -1.94. The normalized spacial score (nSPS) is 14.6. The number of thioether (sulfide) groups is 1. The van der Waals surface area contributed by atoms with Crippen LogP contribution in [0, 0.1) is 11.3 Å². The van der Waals surface area contributed by atoms with Gasteiger partial charge in [0.25, 0.3) is 0 Å². The van der Waals surface area contributed by atoms with Crippen LogP contribution >= 0.6 is 23.1 Å². The number of alkyl halides is 3. The Hall–Kier alpha value is -5.20. The molecule has 47 heavy (non-hydrogen) atoms. The van der Waals surface area contributed by atoms with Crippen LogP contribution in [0.4, 0.5) is 18.9 Å². The Morgan fingerprint density at radius 2 is 1.74 bits per heavy atom. The fourth-order valence-corrected chi connectivity index (χ4v) is 6.46. The van der Waals surface area contributed by atoms with Gasteiger partial charge in [-0.1, -0.05) is 17.8 Å². The first-order chi connectivity index (χ1) is 22.4. The number of thiophene rings is 1. The summed E-state index contributed by atoms with van der Waals surface area (Å²) < 4.78 is 57.2. The molecule has 1 aliphatic heterocycles. The number of carbonyl (C=O) groups is 4. The minimum absolute atomic E-state index is 0.0182. The molecule has 3 heterocycles. The molecule has 2 aromatic carbocycles. The number of amides is 2. The van der Waals surface area contributed by atoms with Crippen molar-refractivity contribution in [2.24, 2.45) is 0 Å². The smallest absolute Gasteiger partial charge is 0.417 e. The Labute approximate surface area is 273 Å². The lowest BCUT2D eigenvalue weighted by Gasteiger charge is -2.17. The molecule has 1 unspecified atom stereocenters. The second-order valence-electron chi connectivity index (χ2n) is 9.82. The maximum atomic E-state index is 13.9. The van der Waals surface area contributed by atoms with Gasteiger partial charge in [0.1, 0.15) is 11.1 Å². The van der Waals surface area contributed by atoms with E-state index in [1.54, 1.807) is 23.6 Å². The van der Waals surface area contributed by atoms with E-state index in [-0.39, 0.29) is 34.0 Å². The predicted molar refractivity (Wildman–Crippen MR) is 165 cm³/mol. The van der Waals surface area contributed by atoms with E-state index < -0.39 is 52.7 Å². The molecule has 0 bridgehead atoms. The summed E-state index contributed by atoms with van der Waals surface area (Å²) in [7, 11) is 2.86. The number of pyridine rings is 1. The van der Waals surface area contributed by atoms with Crippen LogP contribution in [-0.4, -0.2) is 54.6 Å². The van der Waals surface area contributed by atoms with Gasteiger partial charge < -0.3 is 14.2 Å². The Kier molecular flexibility index (Phi) is 9.64. The van der Waals surface area contributed by atoms with Crippen molar-refractivity contribution in [3.8, 4) is 28.1 Å². The van der Waals surface area contributed by atoms with E-state index in [1.807, 2.05) is 0 Å². The van der Waals surface area contributed by atoms with E-state index >= 15 is 0 Å². The van der Waals surface area contributed by atoms with Gasteiger partial charge in [-0.15, -0.1) is 11.3 Å². The van der Waals surface area contributed by atoms with Gasteiger partial charge in [-0.2, -0.15) is 18.4 Å². The Balaban J connectivity index is 1.29. The molecule has 1 fully saturated rings. The topological polar surface area (TPSA) is 136 Å². The highest BCUT2D eigenvalue weighted by Crippen LogP contribution is 2.41. The molecule has 2 aromatic heterocycles. The zero-order valence-corrected chi connectivity index (χ0v) is 26.1. The summed E-state index contributed by atoms with van der Waals surface area (Å²) in [4.78, 5) is 57.0. The summed E-state index contributed by atoms with van der Waals surface area (Å²) in [6.07, 6.45) is -5.22. The number of aromatic nitrogens is 1. The third kappa shape index (κ3) is 6.98. The second kappa shape index (κ2) is 13.7. The minimum atomic E-state index is -4.86. The maximum absolute atomic E-state index is 13.9. The number of esters is 1. The quantitative estimate of drug-likeness (QED) is 0.108. The van der Waals surface area contributed by atoms with Gasteiger partial charge >= 0.3 is 12.1 Å². The van der Waals surface area contributed by atoms with Crippen LogP contribution in [0.15, 0.2) is 71.1 Å². The maximum Gasteiger partial charge on any atom is 0.417 e. The molecule has 4 aromatic rings. The molecular weight excluding hydrogens is 659 g/mol. The fourth-order valence-electron chi connectivity index (χ4n) is 4.65. The van der Waals surface area contributed by atoms with E-state index in [4.69, 9.17) is 14.2 Å². The molecule has 1 saturated heterocycles. The summed E-state index contributed by atoms with van der Waals surface area (Å²) in [6.45, 7) is -0.569. The van der Waals surface area contributed by atoms with Gasteiger partial charge in [0, 0.05) is 12.0 Å². The summed E-state index contributed by atoms with van der Waals surface area (Å²) in [5.41, 5.74) is -1.58. The lowest BCUT2D eigenvalue weighted by molar-refractivity contribution is -0.138. The van der Waals surface area contributed by atoms with Crippen LogP contribution in [-0.2, 0) is 20.5 Å². The lowest BCUT2D eigenvalue weighted by atomic mass is 10.1. The number of hydrogen-bond donors (Lipinski definition) is 0. The molecule has 1 aliphatic rings. The monoisotopic (exact) mass is 681 g/mol. The van der Waals surface area contributed by atoms with Crippen molar-refractivity contribution in [1.82, 2.24) is 4.98 Å². The first kappa shape index (κ1) is 33.2. The number of halogens is 3. The number of rotatable bonds is 10. The molecular formula is C32H22F3N3O7S2. The summed E-state index contributed by atoms with van der Waals surface area (Å²) >= 11 is 1.77. The molecule has 1 atom stereocenters. The van der Waals surface area contributed by atoms with E-state index in [0.717, 1.165) is 22.3 Å². The Morgan fingerprint density at radius 1 is 1.04 bits per heavy atom. The average molecular weight is 682 g/mol. The largest absolute Gasteiger partial charge is 0.493 e. The van der Waals surface area contributed by atoms with Gasteiger partial charge in [0.15, 0.2) is 23.9 Å². The van der Waals surface area contributed by atoms with Crippen molar-refractivity contribution in [3.63, 3.8) is 0 Å². The number of hydrogen-bond acceptors (Lipinski definition) is 11. The molecule has 0 aliphatic carbocycles. The number of benzene rings is 2. The molecule has 5 rings (SSSR count). The van der Waals surface area contributed by atoms with Gasteiger partial charge in [-0.25, -0.2) is 14.7 Å². The van der Waals surface area contributed by atoms with E-state index in [9.17, 15) is 37.6 Å². The number of Topliss-reactive ketones (excluding diaryl/α,β-unsaturated/α-hetero) is 1. The summed E-state index contributed by atoms with van der Waals surface area (Å²) in [6, 6.07) is 15.3. The molecule has 15 heteroatoms. The van der Waals surface area contributed by atoms with E-state index in [1.165, 1.54) is 56.7 Å². The highest BCUT2D eigenvalue weighted by molar-refractivity contribution is 8.00. The van der Waals surface area contributed by atoms with Gasteiger partial charge in [-0.3, -0.25) is 14.4 Å². The number of ether oxygens (including phenoxy) is 3. The number of nitriles is 1. The lowest BCUT2D eigenvalue weighted by Crippen LogP contribution is -2.31. The third-order valence-corrected chi connectivity index (χ3v) is 9.00. The fraction of sp³-hybridized carbons (Fsp3) is 0.188. The Bertz CT molecular complexity index is 1910. The van der Waals surface area contributed by atoms with Crippen LogP contribution in [0.25, 0.3) is 10.6 Å². The van der Waals surface area contributed by atoms with E-state index in [0.29, 0.717) is 28.1 Å². The first-order valence-electron chi connectivity index (χ1n) is 13.6. The molecule has 2 amide bonds. The van der Waals surface area contributed by atoms with Crippen molar-refractivity contribution in [2.75, 3.05) is 25.7 Å². The van der Waals surface area contributed by atoms with Crippen molar-refractivity contribution in [3.05, 3.63) is 88.3 Å². The molecule has 240 valence electrons. The number of ketones is 1. The van der Waals surface area contributed by atoms with Gasteiger partial charge in [0.05, 0.1) is 52.4 Å². The highest BCUT2D eigenvalue weighted by atomic mass is 32.2. The van der Waals surface area contributed by atoms with Crippen LogP contribution in [0.5, 0.6) is 11.5 Å². The molecule has 0 spiro atoms. The van der Waals surface area contributed by atoms with Crippen molar-refractivity contribution in [1.29, 1.82) is 5.26 Å². The molecule has 0 saturated carbocycles. The number of nitrogens with zero attached hydrogens (tertiary/aromatic N) is 3. The average Bonchev–Trinajstić information content (AvgIpc) is 3.70. The van der Waals surface area contributed by atoms with Crippen molar-refractivity contribution < 1.29 is 46.6 Å². The van der Waals surface area contributed by atoms with Gasteiger partial charge in [0.2, 0.25) is 11.8 Å².